The standard InChI is InChI=1S/C20H24ClN5O5/c1-2-13-16(21)25-17(22-13)18(27)23-14-8-9-26(20(29)30)10-15(14)24-19(28)31-11-12-6-4-3-5-7-12/h3-7,14-15H,2,8-11H2,1H3,(H,22,25)(H,23,27)(H,24,28)(H,29,30)/t14-,15-/m1/s1. The quantitative estimate of drug-likeness (QED) is 0.534. The average molecular weight is 450 g/mol. The van der Waals surface area contributed by atoms with E-state index < -0.39 is 30.2 Å². The monoisotopic (exact) mass is 449 g/mol. The third-order valence-corrected chi connectivity index (χ3v) is 5.33. The van der Waals surface area contributed by atoms with Gasteiger partial charge in [-0.15, -0.1) is 0 Å². The number of halogens is 1. The Balaban J connectivity index is 1.64. The number of carbonyl (C=O) groups excluding carboxylic acids is 2. The number of carbonyl (C=O) groups is 3. The van der Waals surface area contributed by atoms with Gasteiger partial charge in [0.05, 0.1) is 17.8 Å². The largest absolute Gasteiger partial charge is 0.465 e. The van der Waals surface area contributed by atoms with Crippen LogP contribution in [0.5, 0.6) is 0 Å². The Labute approximate surface area is 183 Å². The van der Waals surface area contributed by atoms with Gasteiger partial charge in [0.15, 0.2) is 11.0 Å². The topological polar surface area (TPSA) is 137 Å². The highest BCUT2D eigenvalue weighted by Crippen LogP contribution is 2.16. The number of aromatic amines is 1. The molecule has 4 N–H and O–H groups in total. The van der Waals surface area contributed by atoms with Gasteiger partial charge in [0.25, 0.3) is 5.91 Å². The molecule has 166 valence electrons. The molecule has 0 radical (unpaired) electrons. The van der Waals surface area contributed by atoms with E-state index in [9.17, 15) is 19.5 Å². The van der Waals surface area contributed by atoms with Gasteiger partial charge < -0.3 is 30.4 Å². The van der Waals surface area contributed by atoms with Crippen molar-refractivity contribution in [1.82, 2.24) is 25.5 Å². The Morgan fingerprint density at radius 1 is 1.26 bits per heavy atom. The maximum absolute atomic E-state index is 12.6. The van der Waals surface area contributed by atoms with Gasteiger partial charge in [-0.2, -0.15) is 0 Å². The van der Waals surface area contributed by atoms with Crippen molar-refractivity contribution in [3.05, 3.63) is 52.6 Å². The molecular weight excluding hydrogens is 426 g/mol. The summed E-state index contributed by atoms with van der Waals surface area (Å²) in [5.41, 5.74) is 1.46. The second-order valence-electron chi connectivity index (χ2n) is 7.12. The fourth-order valence-corrected chi connectivity index (χ4v) is 3.59. The summed E-state index contributed by atoms with van der Waals surface area (Å²) in [5.74, 6) is -0.423. The first-order valence-corrected chi connectivity index (χ1v) is 10.3. The highest BCUT2D eigenvalue weighted by atomic mass is 35.5. The lowest BCUT2D eigenvalue weighted by atomic mass is 9.99. The predicted octanol–water partition coefficient (Wildman–Crippen LogP) is 2.40. The molecule has 0 bridgehead atoms. The molecule has 0 saturated carbocycles. The number of likely N-dealkylation sites (tertiary alicyclic amines) is 1. The molecule has 2 heterocycles. The van der Waals surface area contributed by atoms with E-state index in [2.05, 4.69) is 20.6 Å². The first-order valence-electron chi connectivity index (χ1n) is 9.87. The minimum Gasteiger partial charge on any atom is -0.465 e. The Kier molecular flexibility index (Phi) is 7.35. The van der Waals surface area contributed by atoms with E-state index in [1.807, 2.05) is 37.3 Å². The average Bonchev–Trinajstić information content (AvgIpc) is 3.15. The van der Waals surface area contributed by atoms with Crippen LogP contribution in [0.25, 0.3) is 0 Å². The number of nitrogens with one attached hydrogen (secondary N) is 3. The summed E-state index contributed by atoms with van der Waals surface area (Å²) in [4.78, 5) is 44.4. The molecule has 11 heteroatoms. The van der Waals surface area contributed by atoms with Crippen molar-refractivity contribution in [2.75, 3.05) is 13.1 Å². The maximum atomic E-state index is 12.6. The van der Waals surface area contributed by atoms with Crippen LogP contribution in [0.2, 0.25) is 5.15 Å². The lowest BCUT2D eigenvalue weighted by molar-refractivity contribution is 0.0834. The summed E-state index contributed by atoms with van der Waals surface area (Å²) in [6.07, 6.45) is -0.890. The second-order valence-corrected chi connectivity index (χ2v) is 7.48. The molecule has 3 amide bonds. The van der Waals surface area contributed by atoms with E-state index in [-0.39, 0.29) is 30.7 Å². The van der Waals surface area contributed by atoms with E-state index in [0.29, 0.717) is 18.5 Å². The highest BCUT2D eigenvalue weighted by Gasteiger charge is 2.34. The summed E-state index contributed by atoms with van der Waals surface area (Å²) in [6.45, 7) is 2.18. The van der Waals surface area contributed by atoms with Crippen LogP contribution in [0.3, 0.4) is 0 Å². The summed E-state index contributed by atoms with van der Waals surface area (Å²) >= 11 is 6.00. The number of nitrogens with zero attached hydrogens (tertiary/aromatic N) is 2. The molecule has 31 heavy (non-hydrogen) atoms. The van der Waals surface area contributed by atoms with Crippen molar-refractivity contribution >= 4 is 29.7 Å². The van der Waals surface area contributed by atoms with Gasteiger partial charge in [-0.3, -0.25) is 4.79 Å². The smallest absolute Gasteiger partial charge is 0.407 e. The number of hydrogen-bond donors (Lipinski definition) is 4. The first-order chi connectivity index (χ1) is 14.9. The number of H-pyrrole nitrogens is 1. The molecule has 2 aromatic rings. The Morgan fingerprint density at radius 2 is 2.00 bits per heavy atom. The van der Waals surface area contributed by atoms with Gasteiger partial charge >= 0.3 is 12.2 Å². The Bertz CT molecular complexity index is 935. The van der Waals surface area contributed by atoms with E-state index in [0.717, 1.165) is 5.56 Å². The molecule has 1 fully saturated rings. The highest BCUT2D eigenvalue weighted by molar-refractivity contribution is 6.30. The van der Waals surface area contributed by atoms with E-state index in [1.165, 1.54) is 4.90 Å². The van der Waals surface area contributed by atoms with Crippen molar-refractivity contribution in [2.24, 2.45) is 0 Å². The van der Waals surface area contributed by atoms with Crippen molar-refractivity contribution in [3.63, 3.8) is 0 Å². The van der Waals surface area contributed by atoms with Gasteiger partial charge in [0.1, 0.15) is 6.61 Å². The summed E-state index contributed by atoms with van der Waals surface area (Å²) in [7, 11) is 0. The molecule has 0 unspecified atom stereocenters. The van der Waals surface area contributed by atoms with Gasteiger partial charge in [-0.05, 0) is 18.4 Å². The number of hydrogen-bond acceptors (Lipinski definition) is 5. The van der Waals surface area contributed by atoms with Crippen LogP contribution in [0.1, 0.15) is 35.2 Å². The van der Waals surface area contributed by atoms with Crippen LogP contribution in [0, 0.1) is 0 Å². The van der Waals surface area contributed by atoms with Crippen molar-refractivity contribution < 1.29 is 24.2 Å². The fraction of sp³-hybridized carbons (Fsp3) is 0.400. The third kappa shape index (κ3) is 5.88. The number of alkyl carbamates (subject to hydrolysis) is 1. The Hall–Kier alpha value is -3.27. The number of amides is 3. The van der Waals surface area contributed by atoms with Gasteiger partial charge in [-0.1, -0.05) is 48.9 Å². The zero-order chi connectivity index (χ0) is 22.4. The number of ether oxygens (including phenoxy) is 1. The lowest BCUT2D eigenvalue weighted by Gasteiger charge is -2.37. The molecule has 1 saturated heterocycles. The van der Waals surface area contributed by atoms with Crippen LogP contribution in [-0.2, 0) is 17.8 Å². The van der Waals surface area contributed by atoms with Gasteiger partial charge in [0.2, 0.25) is 0 Å². The number of carboxylic acid groups (broad SMARTS) is 1. The Morgan fingerprint density at radius 3 is 2.65 bits per heavy atom. The first kappa shape index (κ1) is 22.4. The van der Waals surface area contributed by atoms with Crippen molar-refractivity contribution in [2.45, 2.75) is 38.5 Å². The molecule has 1 aromatic heterocycles. The molecule has 10 nitrogen and oxygen atoms in total. The normalized spacial score (nSPS) is 18.3. The van der Waals surface area contributed by atoms with Crippen LogP contribution in [-0.4, -0.2) is 63.2 Å². The molecule has 0 aliphatic carbocycles. The molecule has 3 rings (SSSR count). The fourth-order valence-electron chi connectivity index (χ4n) is 3.33. The van der Waals surface area contributed by atoms with Gasteiger partial charge in [0, 0.05) is 13.1 Å². The number of imidazole rings is 1. The van der Waals surface area contributed by atoms with Crippen molar-refractivity contribution in [1.29, 1.82) is 0 Å². The molecule has 1 aromatic carbocycles. The SMILES string of the molecule is CCc1[nH]c(C(=O)N[C@@H]2CCN(C(=O)O)C[C@H]2NC(=O)OCc2ccccc2)nc1Cl. The number of aryl methyl sites for hydroxylation is 1. The van der Waals surface area contributed by atoms with Crippen LogP contribution < -0.4 is 10.6 Å². The number of piperidine rings is 1. The molecule has 1 aliphatic rings. The van der Waals surface area contributed by atoms with Crippen LogP contribution >= 0.6 is 11.6 Å². The molecule has 2 atom stereocenters. The van der Waals surface area contributed by atoms with Crippen LogP contribution in [0.4, 0.5) is 9.59 Å². The van der Waals surface area contributed by atoms with Gasteiger partial charge in [-0.25, -0.2) is 14.6 Å². The predicted molar refractivity (Wildman–Crippen MR) is 112 cm³/mol. The minimum atomic E-state index is -1.10. The number of benzene rings is 1. The second kappa shape index (κ2) is 10.2. The van der Waals surface area contributed by atoms with E-state index >= 15 is 0 Å². The number of rotatable bonds is 6. The minimum absolute atomic E-state index is 0.0137. The third-order valence-electron chi connectivity index (χ3n) is 5.01. The van der Waals surface area contributed by atoms with E-state index in [4.69, 9.17) is 16.3 Å². The summed E-state index contributed by atoms with van der Waals surface area (Å²) in [6, 6.07) is 7.98. The zero-order valence-electron chi connectivity index (χ0n) is 16.9. The van der Waals surface area contributed by atoms with Crippen molar-refractivity contribution in [3.8, 4) is 0 Å². The molecular formula is C20H24ClN5O5. The summed E-state index contributed by atoms with van der Waals surface area (Å²) < 4.78 is 5.23. The lowest BCUT2D eigenvalue weighted by Crippen LogP contribution is -2.61. The number of aromatic nitrogens is 2. The molecule has 1 aliphatic heterocycles. The van der Waals surface area contributed by atoms with E-state index in [1.54, 1.807) is 0 Å². The molecule has 0 spiro atoms. The zero-order valence-corrected chi connectivity index (χ0v) is 17.7. The summed E-state index contributed by atoms with van der Waals surface area (Å²) in [5, 5.41) is 15.0. The maximum Gasteiger partial charge on any atom is 0.407 e. The van der Waals surface area contributed by atoms with Crippen LogP contribution in [0.15, 0.2) is 30.3 Å².